The molecule has 0 heterocycles. The van der Waals surface area contributed by atoms with Gasteiger partial charge in [-0.25, -0.2) is 0 Å². The summed E-state index contributed by atoms with van der Waals surface area (Å²) in [5.41, 5.74) is 10.6. The maximum absolute atomic E-state index is 13.6. The van der Waals surface area contributed by atoms with E-state index in [0.717, 1.165) is 37.0 Å². The minimum atomic E-state index is -1.55. The molecule has 0 radical (unpaired) electrons. The first-order valence-electron chi connectivity index (χ1n) is 14.1. The second-order valence-electron chi connectivity index (χ2n) is 11.2. The molecule has 0 unspecified atom stereocenters. The van der Waals surface area contributed by atoms with Gasteiger partial charge in [0, 0.05) is 20.4 Å². The third-order valence-electron chi connectivity index (χ3n) is 7.13. The number of aliphatic carboxylic acids is 1. The summed E-state index contributed by atoms with van der Waals surface area (Å²) >= 11 is 0. The Bertz CT molecular complexity index is 965. The number of carboxylic acids is 1. The molecule has 41 heavy (non-hydrogen) atoms. The van der Waals surface area contributed by atoms with Crippen LogP contribution >= 0.6 is 0 Å². The number of carbonyl (C=O) groups is 7. The molecular weight excluding hydrogens is 536 g/mol. The lowest BCUT2D eigenvalue weighted by Gasteiger charge is -2.34. The van der Waals surface area contributed by atoms with Crippen LogP contribution in [0.15, 0.2) is 0 Å². The standard InChI is InChI=1S/C27H46N6O8/c1-15(2)12-19(24(29)38)31-25(39)20(14-23(36)37)32-26(40)21(13-17-8-6-5-7-9-17)33(4)27(41)18(30-16(3)34)10-11-22(28)35/h15,17-21H,5-14H2,1-4H3,(H2,28,35)(H2,29,38)(H,30,34)(H,31,39)(H,32,40)(H,36,37)/t18-,19-,20-,21-/m0/s1. The van der Waals surface area contributed by atoms with Crippen molar-refractivity contribution in [3.63, 3.8) is 0 Å². The first-order chi connectivity index (χ1) is 19.1. The monoisotopic (exact) mass is 582 g/mol. The highest BCUT2D eigenvalue weighted by molar-refractivity contribution is 5.96. The molecule has 0 aliphatic heterocycles. The summed E-state index contributed by atoms with van der Waals surface area (Å²) in [4.78, 5) is 87.8. The Morgan fingerprint density at radius 2 is 1.46 bits per heavy atom. The predicted molar refractivity (Wildman–Crippen MR) is 149 cm³/mol. The van der Waals surface area contributed by atoms with Crippen molar-refractivity contribution < 1.29 is 38.7 Å². The summed E-state index contributed by atoms with van der Waals surface area (Å²) in [6, 6.07) is -4.85. The SMILES string of the molecule is CC(=O)N[C@@H](CCC(N)=O)C(=O)N(C)[C@@H](CC1CCCCC1)C(=O)N[C@@H](CC(=O)O)C(=O)N[C@@H](CC(C)C)C(N)=O. The van der Waals surface area contributed by atoms with Crippen LogP contribution < -0.4 is 27.4 Å². The molecule has 1 fully saturated rings. The Hall–Kier alpha value is -3.71. The third-order valence-corrected chi connectivity index (χ3v) is 7.13. The zero-order chi connectivity index (χ0) is 31.3. The number of nitrogens with one attached hydrogen (secondary N) is 3. The fourth-order valence-electron chi connectivity index (χ4n) is 5.01. The van der Waals surface area contributed by atoms with E-state index in [9.17, 15) is 38.7 Å². The summed E-state index contributed by atoms with van der Waals surface area (Å²) in [6.45, 7) is 4.85. The van der Waals surface area contributed by atoms with E-state index >= 15 is 0 Å². The third kappa shape index (κ3) is 13.0. The van der Waals surface area contributed by atoms with Gasteiger partial charge >= 0.3 is 5.97 Å². The molecule has 0 aromatic rings. The van der Waals surface area contributed by atoms with Gasteiger partial charge in [-0.3, -0.25) is 33.6 Å². The maximum Gasteiger partial charge on any atom is 0.305 e. The quantitative estimate of drug-likeness (QED) is 0.131. The largest absolute Gasteiger partial charge is 0.481 e. The molecule has 0 saturated heterocycles. The van der Waals surface area contributed by atoms with Crippen LogP contribution in [0.1, 0.15) is 85.0 Å². The zero-order valence-corrected chi connectivity index (χ0v) is 24.4. The van der Waals surface area contributed by atoms with E-state index in [1.807, 2.05) is 13.8 Å². The van der Waals surface area contributed by atoms with E-state index in [2.05, 4.69) is 16.0 Å². The molecule has 0 aromatic heterocycles. The Morgan fingerprint density at radius 3 is 1.95 bits per heavy atom. The number of nitrogens with zero attached hydrogens (tertiary/aromatic N) is 1. The Morgan fingerprint density at radius 1 is 0.878 bits per heavy atom. The second kappa shape index (κ2) is 17.2. The number of rotatable bonds is 17. The molecule has 0 bridgehead atoms. The molecule has 1 aliphatic carbocycles. The van der Waals surface area contributed by atoms with Crippen LogP contribution in [0.25, 0.3) is 0 Å². The Balaban J connectivity index is 3.27. The first-order valence-corrected chi connectivity index (χ1v) is 14.1. The van der Waals surface area contributed by atoms with E-state index in [-0.39, 0.29) is 37.5 Å². The number of likely N-dealkylation sites (N-methyl/N-ethyl adjacent to an activating group) is 1. The molecule has 1 aliphatic rings. The van der Waals surface area contributed by atoms with Gasteiger partial charge in [-0.2, -0.15) is 0 Å². The van der Waals surface area contributed by atoms with E-state index < -0.39 is 72.0 Å². The fourth-order valence-corrected chi connectivity index (χ4v) is 5.01. The van der Waals surface area contributed by atoms with Crippen molar-refractivity contribution in [1.82, 2.24) is 20.9 Å². The van der Waals surface area contributed by atoms with Crippen molar-refractivity contribution in [3.05, 3.63) is 0 Å². The lowest BCUT2D eigenvalue weighted by Crippen LogP contribution is -2.59. The molecule has 1 rings (SSSR count). The summed E-state index contributed by atoms with van der Waals surface area (Å²) in [7, 11) is 1.38. The molecule has 14 nitrogen and oxygen atoms in total. The topological polar surface area (TPSA) is 231 Å². The van der Waals surface area contributed by atoms with Crippen molar-refractivity contribution in [2.24, 2.45) is 23.3 Å². The van der Waals surface area contributed by atoms with Crippen LogP contribution in [0.4, 0.5) is 0 Å². The molecule has 232 valence electrons. The van der Waals surface area contributed by atoms with Crippen LogP contribution in [-0.2, 0) is 33.6 Å². The van der Waals surface area contributed by atoms with Crippen LogP contribution in [-0.4, -0.2) is 82.6 Å². The number of hydrogen-bond acceptors (Lipinski definition) is 7. The van der Waals surface area contributed by atoms with Crippen LogP contribution in [0.5, 0.6) is 0 Å². The molecule has 4 atom stereocenters. The molecule has 8 N–H and O–H groups in total. The molecule has 6 amide bonds. The number of carboxylic acid groups (broad SMARTS) is 1. The lowest BCUT2D eigenvalue weighted by molar-refractivity contribution is -0.145. The van der Waals surface area contributed by atoms with Gasteiger partial charge in [0.2, 0.25) is 35.4 Å². The van der Waals surface area contributed by atoms with Gasteiger partial charge < -0.3 is 37.4 Å². The minimum Gasteiger partial charge on any atom is -0.481 e. The summed E-state index contributed by atoms with van der Waals surface area (Å²) in [5.74, 6) is -5.55. The average molecular weight is 583 g/mol. The number of primary amides is 2. The predicted octanol–water partition coefficient (Wildman–Crippen LogP) is -0.470. The van der Waals surface area contributed by atoms with E-state index in [1.54, 1.807) is 0 Å². The van der Waals surface area contributed by atoms with E-state index in [4.69, 9.17) is 11.5 Å². The van der Waals surface area contributed by atoms with Gasteiger partial charge in [0.15, 0.2) is 0 Å². The van der Waals surface area contributed by atoms with Gasteiger partial charge in [-0.05, 0) is 31.1 Å². The van der Waals surface area contributed by atoms with Gasteiger partial charge in [0.05, 0.1) is 6.42 Å². The van der Waals surface area contributed by atoms with Crippen molar-refractivity contribution in [3.8, 4) is 0 Å². The van der Waals surface area contributed by atoms with Gasteiger partial charge in [-0.15, -0.1) is 0 Å². The van der Waals surface area contributed by atoms with Crippen LogP contribution in [0.3, 0.4) is 0 Å². The van der Waals surface area contributed by atoms with Crippen LogP contribution in [0.2, 0.25) is 0 Å². The zero-order valence-electron chi connectivity index (χ0n) is 24.4. The lowest BCUT2D eigenvalue weighted by atomic mass is 9.84. The van der Waals surface area contributed by atoms with E-state index in [0.29, 0.717) is 0 Å². The van der Waals surface area contributed by atoms with Crippen LogP contribution in [0, 0.1) is 11.8 Å². The normalized spacial score (nSPS) is 16.5. The highest BCUT2D eigenvalue weighted by Gasteiger charge is 2.36. The van der Waals surface area contributed by atoms with Crippen molar-refractivity contribution in [2.75, 3.05) is 7.05 Å². The summed E-state index contributed by atoms with van der Waals surface area (Å²) in [5, 5.41) is 16.8. The second-order valence-corrected chi connectivity index (χ2v) is 11.2. The molecule has 0 spiro atoms. The average Bonchev–Trinajstić information content (AvgIpc) is 2.87. The minimum absolute atomic E-state index is 0.00836. The highest BCUT2D eigenvalue weighted by Crippen LogP contribution is 2.29. The van der Waals surface area contributed by atoms with Crippen molar-refractivity contribution >= 4 is 41.4 Å². The number of hydrogen-bond donors (Lipinski definition) is 6. The Kier molecular flexibility index (Phi) is 14.8. The maximum atomic E-state index is 13.6. The fraction of sp³-hybridized carbons (Fsp3) is 0.741. The van der Waals surface area contributed by atoms with Gasteiger partial charge in [0.1, 0.15) is 24.2 Å². The van der Waals surface area contributed by atoms with Gasteiger partial charge in [-0.1, -0.05) is 46.0 Å². The van der Waals surface area contributed by atoms with Crippen molar-refractivity contribution in [2.45, 2.75) is 109 Å². The molecule has 0 aromatic carbocycles. The number of carbonyl (C=O) groups excluding carboxylic acids is 6. The summed E-state index contributed by atoms with van der Waals surface area (Å²) < 4.78 is 0. The molecule has 14 heteroatoms. The Labute approximate surface area is 240 Å². The summed E-state index contributed by atoms with van der Waals surface area (Å²) in [6.07, 6.45) is 4.06. The molecule has 1 saturated carbocycles. The molecular formula is C27H46N6O8. The first kappa shape index (κ1) is 35.3. The van der Waals surface area contributed by atoms with Crippen molar-refractivity contribution in [1.29, 1.82) is 0 Å². The van der Waals surface area contributed by atoms with E-state index in [1.165, 1.54) is 14.0 Å². The number of nitrogens with two attached hydrogens (primary N) is 2. The smallest absolute Gasteiger partial charge is 0.305 e. The highest BCUT2D eigenvalue weighted by atomic mass is 16.4. The van der Waals surface area contributed by atoms with Gasteiger partial charge in [0.25, 0.3) is 0 Å². The number of amides is 6.